The van der Waals surface area contributed by atoms with Gasteiger partial charge in [0, 0.05) is 23.8 Å². The molecule has 4 aromatic rings. The maximum atomic E-state index is 13.2. The van der Waals surface area contributed by atoms with E-state index in [0.717, 1.165) is 5.69 Å². The third-order valence-corrected chi connectivity index (χ3v) is 6.62. The molecule has 0 aliphatic rings. The fourth-order valence-corrected chi connectivity index (χ4v) is 4.31. The summed E-state index contributed by atoms with van der Waals surface area (Å²) in [6.07, 6.45) is 3.81. The molecule has 2 heterocycles. The van der Waals surface area contributed by atoms with E-state index < -0.39 is 5.25 Å². The maximum absolute atomic E-state index is 13.2. The van der Waals surface area contributed by atoms with Crippen LogP contribution in [0.5, 0.6) is 0 Å². The molecule has 7 nitrogen and oxygen atoms in total. The van der Waals surface area contributed by atoms with E-state index in [4.69, 9.17) is 0 Å². The first kappa shape index (κ1) is 22.7. The van der Waals surface area contributed by atoms with Gasteiger partial charge in [-0.1, -0.05) is 44.7 Å². The third-order valence-electron chi connectivity index (χ3n) is 5.30. The van der Waals surface area contributed by atoms with Crippen LogP contribution in [0.3, 0.4) is 0 Å². The van der Waals surface area contributed by atoms with E-state index in [0.29, 0.717) is 23.2 Å². The Morgan fingerprint density at radius 2 is 1.76 bits per heavy atom. The molecule has 9 heteroatoms. The number of rotatable bonds is 7. The Labute approximate surface area is 194 Å². The number of carbonyl (C=O) groups excluding carboxylic acids is 1. The molecule has 0 aliphatic carbocycles. The lowest BCUT2D eigenvalue weighted by Crippen LogP contribution is -2.25. The number of halogens is 1. The summed E-state index contributed by atoms with van der Waals surface area (Å²) in [5, 5.41) is 11.2. The summed E-state index contributed by atoms with van der Waals surface area (Å²) >= 11 is 1.25. The van der Waals surface area contributed by atoms with Gasteiger partial charge in [0.2, 0.25) is 11.6 Å². The fraction of sp³-hybridized carbons (Fsp3) is 0.250. The quantitative estimate of drug-likeness (QED) is 0.402. The summed E-state index contributed by atoms with van der Waals surface area (Å²) in [6.45, 7) is 6.16. The number of amides is 1. The summed E-state index contributed by atoms with van der Waals surface area (Å²) in [5.41, 5.74) is 2.21. The Morgan fingerprint density at radius 1 is 1.06 bits per heavy atom. The minimum Gasteiger partial charge on any atom is -0.325 e. The van der Waals surface area contributed by atoms with Crippen molar-refractivity contribution in [3.63, 3.8) is 0 Å². The summed E-state index contributed by atoms with van der Waals surface area (Å²) in [7, 11) is 0. The zero-order chi connectivity index (χ0) is 23.5. The Morgan fingerprint density at radius 3 is 2.39 bits per heavy atom. The molecule has 0 saturated carbocycles. The third kappa shape index (κ3) is 4.83. The Hall–Kier alpha value is -3.46. The smallest absolute Gasteiger partial charge is 0.300 e. The van der Waals surface area contributed by atoms with Crippen molar-refractivity contribution in [3.8, 4) is 5.69 Å². The lowest BCUT2D eigenvalue weighted by atomic mass is 10.0. The van der Waals surface area contributed by atoms with E-state index >= 15 is 0 Å². The van der Waals surface area contributed by atoms with Gasteiger partial charge in [-0.3, -0.25) is 18.6 Å². The van der Waals surface area contributed by atoms with Crippen molar-refractivity contribution in [2.75, 3.05) is 5.32 Å². The summed E-state index contributed by atoms with van der Waals surface area (Å²) in [6, 6.07) is 13.4. The molecule has 0 radical (unpaired) electrons. The van der Waals surface area contributed by atoms with Crippen LogP contribution in [0.15, 0.2) is 70.9 Å². The normalized spacial score (nSPS) is 12.3. The van der Waals surface area contributed by atoms with Gasteiger partial charge in [-0.15, -0.1) is 10.2 Å². The average molecular weight is 466 g/mol. The first-order valence-electron chi connectivity index (χ1n) is 10.7. The highest BCUT2D eigenvalue weighted by Crippen LogP contribution is 2.26. The molecule has 0 aliphatic heterocycles. The van der Waals surface area contributed by atoms with E-state index in [1.165, 1.54) is 46.2 Å². The molecule has 0 saturated heterocycles. The van der Waals surface area contributed by atoms with Gasteiger partial charge in [-0.05, 0) is 54.3 Å². The van der Waals surface area contributed by atoms with Gasteiger partial charge in [0.15, 0.2) is 5.16 Å². The van der Waals surface area contributed by atoms with Gasteiger partial charge >= 0.3 is 5.56 Å². The van der Waals surface area contributed by atoms with Crippen molar-refractivity contribution in [1.29, 1.82) is 0 Å². The first-order valence-corrected chi connectivity index (χ1v) is 11.5. The Kier molecular flexibility index (Phi) is 6.60. The molecule has 0 unspecified atom stereocenters. The van der Waals surface area contributed by atoms with Gasteiger partial charge < -0.3 is 5.32 Å². The highest BCUT2D eigenvalue weighted by atomic mass is 32.2. The van der Waals surface area contributed by atoms with Crippen LogP contribution < -0.4 is 10.9 Å². The van der Waals surface area contributed by atoms with E-state index in [9.17, 15) is 14.0 Å². The molecule has 0 spiro atoms. The minimum absolute atomic E-state index is 0.129. The van der Waals surface area contributed by atoms with Crippen LogP contribution in [0.1, 0.15) is 38.7 Å². The van der Waals surface area contributed by atoms with Gasteiger partial charge in [0.1, 0.15) is 5.82 Å². The monoisotopic (exact) mass is 465 g/mol. The summed E-state index contributed by atoms with van der Waals surface area (Å²) < 4.78 is 16.2. The highest BCUT2D eigenvalue weighted by molar-refractivity contribution is 8.00. The van der Waals surface area contributed by atoms with Crippen LogP contribution in [0.4, 0.5) is 10.1 Å². The molecule has 1 amide bonds. The Balaban J connectivity index is 1.54. The molecule has 33 heavy (non-hydrogen) atoms. The molecule has 4 rings (SSSR count). The highest BCUT2D eigenvalue weighted by Gasteiger charge is 2.22. The van der Waals surface area contributed by atoms with Crippen LogP contribution >= 0.6 is 11.8 Å². The topological polar surface area (TPSA) is 81.3 Å². The van der Waals surface area contributed by atoms with E-state index in [-0.39, 0.29) is 22.9 Å². The number of thioether (sulfide) groups is 1. The predicted molar refractivity (Wildman–Crippen MR) is 128 cm³/mol. The molecule has 0 bridgehead atoms. The maximum Gasteiger partial charge on any atom is 0.300 e. The molecular formula is C24H24FN5O2S. The predicted octanol–water partition coefficient (Wildman–Crippen LogP) is 4.65. The van der Waals surface area contributed by atoms with Gasteiger partial charge in [-0.25, -0.2) is 4.39 Å². The molecule has 1 N–H and O–H groups in total. The second-order valence-electron chi connectivity index (χ2n) is 7.91. The van der Waals surface area contributed by atoms with Crippen molar-refractivity contribution in [2.24, 2.45) is 0 Å². The lowest BCUT2D eigenvalue weighted by molar-refractivity contribution is -0.115. The molecule has 2 aromatic heterocycles. The van der Waals surface area contributed by atoms with Gasteiger partial charge in [0.25, 0.3) is 0 Å². The largest absolute Gasteiger partial charge is 0.325 e. The Bertz CT molecular complexity index is 1330. The SMILES string of the molecule is CC[C@@H](Sc1nnc2c(=O)n(-c3ccc(F)cc3)ccn12)C(=O)Nc1ccc(C(C)C)cc1. The number of aromatic nitrogens is 4. The van der Waals surface area contributed by atoms with Crippen molar-refractivity contribution >= 4 is 29.0 Å². The number of hydrogen-bond acceptors (Lipinski definition) is 5. The van der Waals surface area contributed by atoms with Crippen LogP contribution in [-0.4, -0.2) is 30.3 Å². The number of benzene rings is 2. The van der Waals surface area contributed by atoms with Crippen LogP contribution in [0.25, 0.3) is 11.3 Å². The minimum atomic E-state index is -0.415. The lowest BCUT2D eigenvalue weighted by Gasteiger charge is -2.14. The number of hydrogen-bond donors (Lipinski definition) is 1. The van der Waals surface area contributed by atoms with Gasteiger partial charge in [-0.2, -0.15) is 0 Å². The fourth-order valence-electron chi connectivity index (χ4n) is 3.37. The van der Waals surface area contributed by atoms with Crippen LogP contribution in [0.2, 0.25) is 0 Å². The number of fused-ring (bicyclic) bond motifs is 1. The molecular weight excluding hydrogens is 441 g/mol. The van der Waals surface area contributed by atoms with Crippen molar-refractivity contribution in [1.82, 2.24) is 19.2 Å². The van der Waals surface area contributed by atoms with E-state index in [1.54, 1.807) is 16.8 Å². The van der Waals surface area contributed by atoms with Gasteiger partial charge in [0.05, 0.1) is 5.25 Å². The first-order chi connectivity index (χ1) is 15.9. The standard InChI is InChI=1S/C24H24FN5O2S/c1-4-20(22(31)26-18-9-5-16(6-10-18)15(2)3)33-24-28-27-21-23(32)29(13-14-30(21)24)19-11-7-17(25)8-12-19/h5-15,20H,4H2,1-3H3,(H,26,31)/t20-/m1/s1. The number of carbonyl (C=O) groups is 1. The number of nitrogens with zero attached hydrogens (tertiary/aromatic N) is 4. The molecule has 1 atom stereocenters. The van der Waals surface area contributed by atoms with Crippen molar-refractivity contribution < 1.29 is 9.18 Å². The zero-order valence-electron chi connectivity index (χ0n) is 18.5. The molecule has 170 valence electrons. The van der Waals surface area contributed by atoms with E-state index in [1.807, 2.05) is 31.2 Å². The average Bonchev–Trinajstić information content (AvgIpc) is 3.22. The summed E-state index contributed by atoms with van der Waals surface area (Å²) in [4.78, 5) is 25.8. The molecule has 0 fully saturated rings. The second-order valence-corrected chi connectivity index (χ2v) is 9.08. The number of anilines is 1. The zero-order valence-corrected chi connectivity index (χ0v) is 19.3. The van der Waals surface area contributed by atoms with Crippen LogP contribution in [-0.2, 0) is 4.79 Å². The molecule has 2 aromatic carbocycles. The van der Waals surface area contributed by atoms with Crippen molar-refractivity contribution in [3.05, 3.63) is 82.7 Å². The second kappa shape index (κ2) is 9.58. The number of nitrogens with one attached hydrogen (secondary N) is 1. The summed E-state index contributed by atoms with van der Waals surface area (Å²) in [5.74, 6) is -0.104. The van der Waals surface area contributed by atoms with Crippen LogP contribution in [0, 0.1) is 5.82 Å². The van der Waals surface area contributed by atoms with Crippen molar-refractivity contribution in [2.45, 2.75) is 43.5 Å². The van der Waals surface area contributed by atoms with E-state index in [2.05, 4.69) is 29.4 Å².